The van der Waals surface area contributed by atoms with Crippen molar-refractivity contribution < 1.29 is 14.0 Å². The van der Waals surface area contributed by atoms with Crippen molar-refractivity contribution in [1.82, 2.24) is 19.4 Å². The number of imidazole rings is 1. The lowest BCUT2D eigenvalue weighted by Gasteiger charge is -2.07. The molecule has 160 valence electrons. The maximum Gasteiger partial charge on any atom is 0.259 e. The molecular weight excluding hydrogens is 407 g/mol. The van der Waals surface area contributed by atoms with E-state index in [0.717, 1.165) is 36.1 Å². The van der Waals surface area contributed by atoms with Crippen LogP contribution in [0.5, 0.6) is 0 Å². The molecule has 0 unspecified atom stereocenters. The fraction of sp³-hybridized carbons (Fsp3) is 0.160. The molecule has 0 radical (unpaired) electrons. The molecule has 3 heterocycles. The number of halogens is 1. The van der Waals surface area contributed by atoms with E-state index in [9.17, 15) is 14.0 Å². The first-order valence-corrected chi connectivity index (χ1v) is 10.4. The monoisotopic (exact) mass is 428 g/mol. The summed E-state index contributed by atoms with van der Waals surface area (Å²) in [5.41, 5.74) is 3.09. The van der Waals surface area contributed by atoms with Gasteiger partial charge in [-0.25, -0.2) is 9.37 Å². The number of aromatic nitrogens is 3. The number of benzene rings is 2. The minimum Gasteiger partial charge on any atom is -0.347 e. The second kappa shape index (κ2) is 7.92. The molecule has 1 aliphatic heterocycles. The lowest BCUT2D eigenvalue weighted by atomic mass is 9.95. The predicted octanol–water partition coefficient (Wildman–Crippen LogP) is 3.94. The molecule has 0 saturated carbocycles. The Balaban J connectivity index is 1.59. The Kier molecular flexibility index (Phi) is 4.93. The number of carbonyl (C=O) groups excluding carboxylic acids is 2. The molecule has 0 saturated heterocycles. The van der Waals surface area contributed by atoms with Crippen molar-refractivity contribution >= 4 is 33.9 Å². The molecule has 2 amide bonds. The zero-order chi connectivity index (χ0) is 22.2. The zero-order valence-electron chi connectivity index (χ0n) is 17.5. The second-order valence-corrected chi connectivity index (χ2v) is 7.85. The average Bonchev–Trinajstić information content (AvgIpc) is 3.44. The molecule has 0 fully saturated rings. The third-order valence-electron chi connectivity index (χ3n) is 5.85. The highest BCUT2D eigenvalue weighted by molar-refractivity contribution is 6.50. The van der Waals surface area contributed by atoms with Crippen LogP contribution in [0.1, 0.15) is 23.2 Å². The molecular formula is C25H21FN4O2. The third-order valence-corrected chi connectivity index (χ3v) is 5.85. The van der Waals surface area contributed by atoms with E-state index in [0.29, 0.717) is 5.56 Å². The Morgan fingerprint density at radius 1 is 0.906 bits per heavy atom. The first-order chi connectivity index (χ1) is 15.5. The van der Waals surface area contributed by atoms with Crippen LogP contribution in [0.2, 0.25) is 0 Å². The molecule has 7 heteroatoms. The van der Waals surface area contributed by atoms with Gasteiger partial charge in [-0.3, -0.25) is 14.9 Å². The van der Waals surface area contributed by atoms with Crippen LogP contribution in [0.15, 0.2) is 67.3 Å². The largest absolute Gasteiger partial charge is 0.347 e. The third kappa shape index (κ3) is 3.32. The van der Waals surface area contributed by atoms with Gasteiger partial charge in [-0.1, -0.05) is 36.4 Å². The van der Waals surface area contributed by atoms with Crippen LogP contribution in [0.4, 0.5) is 4.39 Å². The van der Waals surface area contributed by atoms with Crippen molar-refractivity contribution in [1.29, 1.82) is 0 Å². The number of imide groups is 1. The first kappa shape index (κ1) is 19.9. The van der Waals surface area contributed by atoms with Crippen LogP contribution in [0, 0.1) is 12.7 Å². The number of amides is 2. The topological polar surface area (TPSA) is 68.9 Å². The Hall–Kier alpha value is -4.00. The molecule has 0 atom stereocenters. The summed E-state index contributed by atoms with van der Waals surface area (Å²) in [5.74, 6) is -1.63. The van der Waals surface area contributed by atoms with E-state index < -0.39 is 17.6 Å². The fourth-order valence-electron chi connectivity index (χ4n) is 4.30. The van der Waals surface area contributed by atoms with Crippen molar-refractivity contribution in [2.75, 3.05) is 0 Å². The van der Waals surface area contributed by atoms with Crippen LogP contribution >= 0.6 is 0 Å². The van der Waals surface area contributed by atoms with Crippen LogP contribution < -0.4 is 5.32 Å². The Labute approximate surface area is 184 Å². The smallest absolute Gasteiger partial charge is 0.259 e. The summed E-state index contributed by atoms with van der Waals surface area (Å²) < 4.78 is 18.7. The van der Waals surface area contributed by atoms with Gasteiger partial charge in [0.1, 0.15) is 5.82 Å². The number of nitrogens with one attached hydrogen (secondary N) is 1. The molecule has 4 aromatic rings. The maximum atomic E-state index is 14.5. The number of fused-ring (bicyclic) bond motifs is 1. The highest BCUT2D eigenvalue weighted by Crippen LogP contribution is 2.36. The molecule has 0 bridgehead atoms. The molecule has 0 spiro atoms. The van der Waals surface area contributed by atoms with Gasteiger partial charge >= 0.3 is 0 Å². The first-order valence-electron chi connectivity index (χ1n) is 10.4. The number of nitrogens with zero attached hydrogens (tertiary/aromatic N) is 3. The van der Waals surface area contributed by atoms with E-state index in [-0.39, 0.29) is 16.7 Å². The number of hydrogen-bond acceptors (Lipinski definition) is 3. The van der Waals surface area contributed by atoms with Gasteiger partial charge in [0.25, 0.3) is 11.8 Å². The van der Waals surface area contributed by atoms with Gasteiger partial charge in [0, 0.05) is 53.2 Å². The van der Waals surface area contributed by atoms with Crippen molar-refractivity contribution in [2.45, 2.75) is 26.4 Å². The van der Waals surface area contributed by atoms with Gasteiger partial charge in [-0.05, 0) is 25.5 Å². The number of hydrogen-bond donors (Lipinski definition) is 1. The van der Waals surface area contributed by atoms with E-state index >= 15 is 0 Å². The van der Waals surface area contributed by atoms with Crippen molar-refractivity contribution in [3.05, 3.63) is 89.9 Å². The summed E-state index contributed by atoms with van der Waals surface area (Å²) in [7, 11) is 0. The van der Waals surface area contributed by atoms with Crippen LogP contribution in [-0.4, -0.2) is 25.9 Å². The quantitative estimate of drug-likeness (QED) is 0.473. The van der Waals surface area contributed by atoms with E-state index in [1.54, 1.807) is 12.1 Å². The Bertz CT molecular complexity index is 1400. The van der Waals surface area contributed by atoms with E-state index in [1.165, 1.54) is 12.1 Å². The maximum absolute atomic E-state index is 14.5. The predicted molar refractivity (Wildman–Crippen MR) is 120 cm³/mol. The van der Waals surface area contributed by atoms with Crippen molar-refractivity contribution in [2.24, 2.45) is 0 Å². The normalized spacial score (nSPS) is 13.9. The van der Waals surface area contributed by atoms with Crippen molar-refractivity contribution in [3.8, 4) is 0 Å². The van der Waals surface area contributed by atoms with Crippen molar-refractivity contribution in [3.63, 3.8) is 0 Å². The summed E-state index contributed by atoms with van der Waals surface area (Å²) in [6.07, 6.45) is 6.39. The fourth-order valence-corrected chi connectivity index (χ4v) is 4.30. The highest BCUT2D eigenvalue weighted by atomic mass is 19.1. The summed E-state index contributed by atoms with van der Waals surface area (Å²) in [5, 5.41) is 3.19. The molecule has 5 rings (SSSR count). The Morgan fingerprint density at radius 2 is 1.59 bits per heavy atom. The highest BCUT2D eigenvalue weighted by Gasteiger charge is 2.34. The van der Waals surface area contributed by atoms with Gasteiger partial charge in [0.05, 0.1) is 17.5 Å². The van der Waals surface area contributed by atoms with Crippen LogP contribution in [0.25, 0.3) is 22.0 Å². The summed E-state index contributed by atoms with van der Waals surface area (Å²) in [4.78, 5) is 29.6. The Morgan fingerprint density at radius 3 is 2.34 bits per heavy atom. The second-order valence-electron chi connectivity index (χ2n) is 7.85. The summed E-state index contributed by atoms with van der Waals surface area (Å²) in [6, 6.07) is 13.8. The lowest BCUT2D eigenvalue weighted by molar-refractivity contribution is -0.122. The van der Waals surface area contributed by atoms with Crippen LogP contribution in [0.3, 0.4) is 0 Å². The number of para-hydroxylation sites is 1. The summed E-state index contributed by atoms with van der Waals surface area (Å²) >= 11 is 0. The molecule has 1 N–H and O–H groups in total. The number of aryl methyl sites for hydroxylation is 3. The minimum atomic E-state index is -0.581. The molecule has 0 aliphatic carbocycles. The van der Waals surface area contributed by atoms with E-state index in [4.69, 9.17) is 0 Å². The molecule has 32 heavy (non-hydrogen) atoms. The van der Waals surface area contributed by atoms with Gasteiger partial charge in [0.2, 0.25) is 0 Å². The van der Waals surface area contributed by atoms with Crippen LogP contribution in [-0.2, 0) is 22.7 Å². The minimum absolute atomic E-state index is 0.0741. The van der Waals surface area contributed by atoms with E-state index in [2.05, 4.69) is 19.4 Å². The molecule has 2 aromatic heterocycles. The molecule has 1 aliphatic rings. The van der Waals surface area contributed by atoms with Gasteiger partial charge in [0.15, 0.2) is 0 Å². The lowest BCUT2D eigenvalue weighted by Crippen LogP contribution is -2.22. The summed E-state index contributed by atoms with van der Waals surface area (Å²) in [6.45, 7) is 3.55. The average molecular weight is 428 g/mol. The zero-order valence-corrected chi connectivity index (χ0v) is 17.5. The number of carbonyl (C=O) groups is 2. The SMILES string of the molecule is Cc1cncn1CCCn1cc(C2=C(c3ccccc3F)C(=O)NC2=O)c2ccccc21. The number of rotatable bonds is 6. The van der Waals surface area contributed by atoms with E-state index in [1.807, 2.05) is 49.9 Å². The molecule has 6 nitrogen and oxygen atoms in total. The molecule has 2 aromatic carbocycles. The standard InChI is InChI=1S/C25H21FN4O2/c1-16-13-27-15-30(16)12-6-11-29-14-19(17-7-3-5-10-21(17)29)23-22(24(31)28-25(23)32)18-8-2-4-9-20(18)26/h2-5,7-10,13-15H,6,11-12H2,1H3,(H,28,31,32). The van der Waals surface area contributed by atoms with Gasteiger partial charge in [-0.2, -0.15) is 0 Å². The van der Waals surface area contributed by atoms with Gasteiger partial charge in [-0.15, -0.1) is 0 Å². The van der Waals surface area contributed by atoms with Gasteiger partial charge < -0.3 is 9.13 Å².